The zero-order valence-corrected chi connectivity index (χ0v) is 51.7. The molecule has 0 N–H and O–H groups in total. The average Bonchev–Trinajstić information content (AvgIpc) is 3.44. The van der Waals surface area contributed by atoms with Crippen molar-refractivity contribution < 1.29 is 28.6 Å². The highest BCUT2D eigenvalue weighted by atomic mass is 16.6. The SMILES string of the molecule is CC/C=C\C/C=C\C/C=C\C/C=C\C/C=C\C/C=C\CCCCCCCCCCC(=O)OCC(COC(=O)CCCCCCC/C=C\CCCCCCCC)OC(=O)CCCCCCCCCCCCCCCCCCCC. The smallest absolute Gasteiger partial charge is 0.306 e. The molecule has 0 saturated carbocycles. The number of allylic oxidation sites excluding steroid dienone is 14. The first-order valence-corrected chi connectivity index (χ1v) is 33.6. The van der Waals surface area contributed by atoms with Gasteiger partial charge in [-0.2, -0.15) is 0 Å². The van der Waals surface area contributed by atoms with Crippen LogP contribution in [0.2, 0.25) is 0 Å². The molecule has 0 fully saturated rings. The second kappa shape index (κ2) is 66.1. The molecular weight excluding hydrogens is 961 g/mol. The van der Waals surface area contributed by atoms with Crippen LogP contribution in [-0.4, -0.2) is 37.2 Å². The molecule has 0 radical (unpaired) electrons. The lowest BCUT2D eigenvalue weighted by molar-refractivity contribution is -0.167. The van der Waals surface area contributed by atoms with Crippen LogP contribution in [0.1, 0.15) is 335 Å². The molecule has 1 atom stereocenters. The predicted octanol–water partition coefficient (Wildman–Crippen LogP) is 23.1. The maximum absolute atomic E-state index is 12.9. The number of esters is 3. The Balaban J connectivity index is 4.34. The van der Waals surface area contributed by atoms with E-state index in [0.717, 1.165) is 109 Å². The third kappa shape index (κ3) is 63.4. The number of unbranched alkanes of at least 4 members (excludes halogenated alkanes) is 36. The Bertz CT molecular complexity index is 1480. The van der Waals surface area contributed by atoms with Gasteiger partial charge in [-0.3, -0.25) is 14.4 Å². The fourth-order valence-electron chi connectivity index (χ4n) is 9.62. The van der Waals surface area contributed by atoms with Crippen molar-refractivity contribution in [3.8, 4) is 0 Å². The highest BCUT2D eigenvalue weighted by Crippen LogP contribution is 2.17. The van der Waals surface area contributed by atoms with Gasteiger partial charge in [-0.15, -0.1) is 0 Å². The van der Waals surface area contributed by atoms with Crippen molar-refractivity contribution in [1.29, 1.82) is 0 Å². The fourth-order valence-corrected chi connectivity index (χ4v) is 9.62. The highest BCUT2D eigenvalue weighted by molar-refractivity contribution is 5.71. The molecule has 6 nitrogen and oxygen atoms in total. The first-order valence-electron chi connectivity index (χ1n) is 33.6. The second-order valence-electron chi connectivity index (χ2n) is 22.4. The minimum atomic E-state index is -0.783. The third-order valence-corrected chi connectivity index (χ3v) is 14.6. The molecule has 0 heterocycles. The summed E-state index contributed by atoms with van der Waals surface area (Å²) < 4.78 is 17.0. The van der Waals surface area contributed by atoms with Crippen LogP contribution < -0.4 is 0 Å². The van der Waals surface area contributed by atoms with Gasteiger partial charge < -0.3 is 14.2 Å². The summed E-state index contributed by atoms with van der Waals surface area (Å²) in [7, 11) is 0. The number of rotatable bonds is 61. The van der Waals surface area contributed by atoms with Gasteiger partial charge in [0, 0.05) is 19.3 Å². The molecular formula is C72H126O6. The van der Waals surface area contributed by atoms with E-state index in [0.29, 0.717) is 19.3 Å². The van der Waals surface area contributed by atoms with Crippen LogP contribution in [0.25, 0.3) is 0 Å². The van der Waals surface area contributed by atoms with E-state index in [-0.39, 0.29) is 31.1 Å². The maximum atomic E-state index is 12.9. The molecule has 0 spiro atoms. The van der Waals surface area contributed by atoms with Crippen LogP contribution in [0.4, 0.5) is 0 Å². The van der Waals surface area contributed by atoms with Crippen molar-refractivity contribution >= 4 is 17.9 Å². The van der Waals surface area contributed by atoms with Crippen LogP contribution in [0, 0.1) is 0 Å². The van der Waals surface area contributed by atoms with Gasteiger partial charge in [-0.05, 0) is 96.3 Å². The molecule has 0 aromatic carbocycles. The van der Waals surface area contributed by atoms with E-state index in [2.05, 4.69) is 106 Å². The summed E-state index contributed by atoms with van der Waals surface area (Å²) in [5.74, 6) is -0.878. The molecule has 0 bridgehead atoms. The molecule has 0 saturated heterocycles. The van der Waals surface area contributed by atoms with Gasteiger partial charge in [0.15, 0.2) is 6.10 Å². The van der Waals surface area contributed by atoms with E-state index in [9.17, 15) is 14.4 Å². The van der Waals surface area contributed by atoms with Crippen LogP contribution in [0.15, 0.2) is 85.1 Å². The number of hydrogen-bond acceptors (Lipinski definition) is 6. The first kappa shape index (κ1) is 74.6. The molecule has 450 valence electrons. The Hall–Kier alpha value is -3.41. The molecule has 0 aliphatic carbocycles. The van der Waals surface area contributed by atoms with Gasteiger partial charge in [0.05, 0.1) is 0 Å². The van der Waals surface area contributed by atoms with E-state index >= 15 is 0 Å². The number of carbonyl (C=O) groups is 3. The predicted molar refractivity (Wildman–Crippen MR) is 339 cm³/mol. The van der Waals surface area contributed by atoms with Gasteiger partial charge in [-0.1, -0.05) is 305 Å². The van der Waals surface area contributed by atoms with E-state index < -0.39 is 6.10 Å². The summed E-state index contributed by atoms with van der Waals surface area (Å²) in [6.45, 7) is 6.55. The van der Waals surface area contributed by atoms with Gasteiger partial charge in [0.1, 0.15) is 13.2 Å². The average molecular weight is 1090 g/mol. The summed E-state index contributed by atoms with van der Waals surface area (Å²) in [6, 6.07) is 0. The van der Waals surface area contributed by atoms with E-state index in [1.165, 1.54) is 186 Å². The lowest BCUT2D eigenvalue weighted by Gasteiger charge is -2.18. The Labute approximate surface area is 484 Å². The summed E-state index contributed by atoms with van der Waals surface area (Å²) in [4.78, 5) is 38.4. The van der Waals surface area contributed by atoms with Crippen molar-refractivity contribution in [3.05, 3.63) is 85.1 Å². The van der Waals surface area contributed by atoms with Gasteiger partial charge in [-0.25, -0.2) is 0 Å². The van der Waals surface area contributed by atoms with Gasteiger partial charge in [0.25, 0.3) is 0 Å². The monoisotopic (exact) mass is 1090 g/mol. The molecule has 0 rings (SSSR count). The molecule has 6 heteroatoms. The summed E-state index contributed by atoms with van der Waals surface area (Å²) >= 11 is 0. The van der Waals surface area contributed by atoms with Crippen molar-refractivity contribution in [2.75, 3.05) is 13.2 Å². The minimum absolute atomic E-state index is 0.0799. The minimum Gasteiger partial charge on any atom is -0.462 e. The van der Waals surface area contributed by atoms with Crippen molar-refractivity contribution in [2.45, 2.75) is 341 Å². The third-order valence-electron chi connectivity index (χ3n) is 14.6. The molecule has 0 aromatic rings. The molecule has 0 aliphatic heterocycles. The lowest BCUT2D eigenvalue weighted by Crippen LogP contribution is -2.30. The maximum Gasteiger partial charge on any atom is 0.306 e. The quantitative estimate of drug-likeness (QED) is 0.0261. The highest BCUT2D eigenvalue weighted by Gasteiger charge is 2.19. The topological polar surface area (TPSA) is 78.9 Å². The normalized spacial score (nSPS) is 12.6. The number of carbonyl (C=O) groups excluding carboxylic acids is 3. The zero-order valence-electron chi connectivity index (χ0n) is 51.7. The first-order chi connectivity index (χ1) is 38.5. The van der Waals surface area contributed by atoms with Crippen molar-refractivity contribution in [2.24, 2.45) is 0 Å². The molecule has 0 aliphatic rings. The van der Waals surface area contributed by atoms with Crippen molar-refractivity contribution in [3.63, 3.8) is 0 Å². The second-order valence-corrected chi connectivity index (χ2v) is 22.4. The number of ether oxygens (including phenoxy) is 3. The Morgan fingerprint density at radius 3 is 0.795 bits per heavy atom. The standard InChI is InChI=1S/C72H126O6/c1-4-7-10-13-16-19-22-25-28-30-32-33-34-35-36-37-38-39-40-42-44-47-50-53-56-59-62-65-71(74)77-68-69(67-76-70(73)64-61-58-55-52-49-46-43-27-24-21-18-15-12-9-6-3)78-72(75)66-63-60-57-54-51-48-45-41-31-29-26-23-20-17-14-11-8-5-2/h7,10,16,19,25,27-28,32-33,35-36,38-39,43,69H,4-6,8-9,11-15,17-18,20-24,26,29-31,34,37,40-42,44-68H2,1-3H3/b10-7-,19-16-,28-25-,33-32-,36-35-,39-38-,43-27-. The molecule has 0 amide bonds. The van der Waals surface area contributed by atoms with E-state index in [4.69, 9.17) is 14.2 Å². The van der Waals surface area contributed by atoms with E-state index in [1.807, 2.05) is 0 Å². The number of hydrogen-bond donors (Lipinski definition) is 0. The Morgan fingerprint density at radius 2 is 0.500 bits per heavy atom. The summed E-state index contributed by atoms with van der Waals surface area (Å²) in [5.41, 5.74) is 0. The van der Waals surface area contributed by atoms with Gasteiger partial charge in [0.2, 0.25) is 0 Å². The summed E-state index contributed by atoms with van der Waals surface area (Å²) in [5, 5.41) is 0. The van der Waals surface area contributed by atoms with Crippen LogP contribution in [0.3, 0.4) is 0 Å². The molecule has 0 aromatic heterocycles. The Morgan fingerprint density at radius 1 is 0.269 bits per heavy atom. The van der Waals surface area contributed by atoms with Crippen LogP contribution in [-0.2, 0) is 28.6 Å². The molecule has 78 heavy (non-hydrogen) atoms. The fraction of sp³-hybridized carbons (Fsp3) is 0.764. The zero-order chi connectivity index (χ0) is 56.4. The van der Waals surface area contributed by atoms with Gasteiger partial charge >= 0.3 is 17.9 Å². The van der Waals surface area contributed by atoms with Crippen LogP contribution in [0.5, 0.6) is 0 Å². The van der Waals surface area contributed by atoms with Crippen molar-refractivity contribution in [1.82, 2.24) is 0 Å². The largest absolute Gasteiger partial charge is 0.462 e. The summed E-state index contributed by atoms with van der Waals surface area (Å²) in [6.07, 6.45) is 87.3. The molecule has 1 unspecified atom stereocenters. The Kier molecular flexibility index (Phi) is 63.2. The van der Waals surface area contributed by atoms with E-state index in [1.54, 1.807) is 0 Å². The van der Waals surface area contributed by atoms with Crippen LogP contribution >= 0.6 is 0 Å². The lowest BCUT2D eigenvalue weighted by atomic mass is 10.0.